The maximum atomic E-state index is 12.8. The molecule has 1 aliphatic carbocycles. The molecule has 0 radical (unpaired) electrons. The molecule has 0 spiro atoms. The molecular weight excluding hydrogens is 498 g/mol. The zero-order valence-corrected chi connectivity index (χ0v) is 21.7. The molecule has 2 aliphatic heterocycles. The first-order valence-corrected chi connectivity index (χ1v) is 13.5. The quantitative estimate of drug-likeness (QED) is 0.337. The maximum absolute atomic E-state index is 12.8. The number of unbranched alkanes of at least 4 members (excludes halogenated alkanes) is 3. The van der Waals surface area contributed by atoms with Crippen LogP contribution < -0.4 is 15.4 Å². The molecule has 0 bridgehead atoms. The van der Waals surface area contributed by atoms with E-state index < -0.39 is 17.4 Å². The van der Waals surface area contributed by atoms with E-state index in [0.717, 1.165) is 44.1 Å². The highest BCUT2D eigenvalue weighted by molar-refractivity contribution is 6.05. The van der Waals surface area contributed by atoms with Crippen LogP contribution >= 0.6 is 0 Å². The number of benzene rings is 1. The molecule has 1 saturated carbocycles. The first-order chi connectivity index (χ1) is 18.9. The molecule has 1 aromatic heterocycles. The van der Waals surface area contributed by atoms with Gasteiger partial charge in [0.2, 0.25) is 11.8 Å². The summed E-state index contributed by atoms with van der Waals surface area (Å²) in [5, 5.41) is 14.6. The summed E-state index contributed by atoms with van der Waals surface area (Å²) in [4.78, 5) is 54.7. The number of imide groups is 1. The SMILES string of the molecule is N#CC1(c2cc(C(=O)NCCCCCCOc3ccc4c(c3)CN(C3CCC(=O)NC3=O)C4=O)ccn2)CC1. The molecule has 2 N–H and O–H groups in total. The molecular formula is C29H31N5O5. The molecule has 39 heavy (non-hydrogen) atoms. The zero-order chi connectivity index (χ0) is 27.4. The van der Waals surface area contributed by atoms with Gasteiger partial charge in [-0.3, -0.25) is 29.5 Å². The number of fused-ring (bicyclic) bond motifs is 1. The summed E-state index contributed by atoms with van der Waals surface area (Å²) in [6.45, 7) is 1.43. The van der Waals surface area contributed by atoms with Crippen LogP contribution in [0, 0.1) is 11.3 Å². The molecule has 1 saturated heterocycles. The van der Waals surface area contributed by atoms with E-state index in [1.807, 2.05) is 6.07 Å². The first kappa shape index (κ1) is 26.4. The van der Waals surface area contributed by atoms with Crippen LogP contribution in [0.4, 0.5) is 0 Å². The van der Waals surface area contributed by atoms with Gasteiger partial charge in [-0.25, -0.2) is 0 Å². The minimum Gasteiger partial charge on any atom is -0.494 e. The van der Waals surface area contributed by atoms with E-state index in [9.17, 15) is 24.4 Å². The van der Waals surface area contributed by atoms with E-state index in [4.69, 9.17) is 4.74 Å². The van der Waals surface area contributed by atoms with Gasteiger partial charge in [-0.2, -0.15) is 5.26 Å². The van der Waals surface area contributed by atoms with Gasteiger partial charge in [-0.15, -0.1) is 0 Å². The Bertz CT molecular complexity index is 1350. The highest BCUT2D eigenvalue weighted by atomic mass is 16.5. The Balaban J connectivity index is 0.992. The van der Waals surface area contributed by atoms with Crippen LogP contribution in [0.25, 0.3) is 0 Å². The van der Waals surface area contributed by atoms with Crippen molar-refractivity contribution in [3.63, 3.8) is 0 Å². The number of hydrogen-bond acceptors (Lipinski definition) is 7. The normalized spacial score (nSPS) is 19.2. The molecule has 2 fully saturated rings. The van der Waals surface area contributed by atoms with Crippen LogP contribution in [0.2, 0.25) is 0 Å². The minimum atomic E-state index is -0.627. The second-order valence-electron chi connectivity index (χ2n) is 10.4. The van der Waals surface area contributed by atoms with Crippen molar-refractivity contribution >= 4 is 23.6 Å². The number of nitriles is 1. The third kappa shape index (κ3) is 5.77. The third-order valence-electron chi connectivity index (χ3n) is 7.60. The lowest BCUT2D eigenvalue weighted by Crippen LogP contribution is -2.52. The molecule has 4 amide bonds. The highest BCUT2D eigenvalue weighted by Gasteiger charge is 2.46. The molecule has 10 heteroatoms. The van der Waals surface area contributed by atoms with Gasteiger partial charge >= 0.3 is 0 Å². The summed E-state index contributed by atoms with van der Waals surface area (Å²) < 4.78 is 5.89. The van der Waals surface area contributed by atoms with Crippen molar-refractivity contribution in [1.82, 2.24) is 20.5 Å². The third-order valence-corrected chi connectivity index (χ3v) is 7.60. The average Bonchev–Trinajstić information content (AvgIpc) is 3.68. The Morgan fingerprint density at radius 2 is 1.97 bits per heavy atom. The van der Waals surface area contributed by atoms with E-state index in [0.29, 0.717) is 48.7 Å². The van der Waals surface area contributed by atoms with E-state index >= 15 is 0 Å². The number of aromatic nitrogens is 1. The Morgan fingerprint density at radius 1 is 1.15 bits per heavy atom. The summed E-state index contributed by atoms with van der Waals surface area (Å²) in [7, 11) is 0. The first-order valence-electron chi connectivity index (χ1n) is 13.5. The van der Waals surface area contributed by atoms with Gasteiger partial charge < -0.3 is 15.0 Å². The minimum absolute atomic E-state index is 0.151. The lowest BCUT2D eigenvalue weighted by atomic mass is 10.0. The number of pyridine rings is 1. The number of rotatable bonds is 11. The van der Waals surface area contributed by atoms with Gasteiger partial charge in [0.15, 0.2) is 0 Å². The van der Waals surface area contributed by atoms with E-state index in [-0.39, 0.29) is 24.1 Å². The van der Waals surface area contributed by atoms with Gasteiger partial charge in [0.05, 0.1) is 23.8 Å². The van der Waals surface area contributed by atoms with Crippen molar-refractivity contribution < 1.29 is 23.9 Å². The Hall–Kier alpha value is -4.26. The second-order valence-corrected chi connectivity index (χ2v) is 10.4. The van der Waals surface area contributed by atoms with Crippen molar-refractivity contribution in [1.29, 1.82) is 5.26 Å². The molecule has 2 aromatic rings. The smallest absolute Gasteiger partial charge is 0.255 e. The predicted molar refractivity (Wildman–Crippen MR) is 140 cm³/mol. The number of ether oxygens (including phenoxy) is 1. The number of amides is 4. The number of nitrogens with one attached hydrogen (secondary N) is 2. The van der Waals surface area contributed by atoms with Gasteiger partial charge in [0, 0.05) is 36.8 Å². The fourth-order valence-electron chi connectivity index (χ4n) is 5.10. The van der Waals surface area contributed by atoms with Crippen molar-refractivity contribution in [3.05, 3.63) is 58.9 Å². The van der Waals surface area contributed by atoms with Crippen molar-refractivity contribution in [3.8, 4) is 11.8 Å². The maximum Gasteiger partial charge on any atom is 0.255 e. The van der Waals surface area contributed by atoms with E-state index in [1.165, 1.54) is 4.90 Å². The summed E-state index contributed by atoms with van der Waals surface area (Å²) in [5.41, 5.74) is 2.09. The average molecular weight is 530 g/mol. The van der Waals surface area contributed by atoms with Crippen LogP contribution in [0.1, 0.15) is 83.3 Å². The lowest BCUT2D eigenvalue weighted by Gasteiger charge is -2.29. The number of nitrogens with zero attached hydrogens (tertiary/aromatic N) is 3. The largest absolute Gasteiger partial charge is 0.494 e. The van der Waals surface area contributed by atoms with Crippen LogP contribution in [-0.2, 0) is 21.5 Å². The number of carbonyl (C=O) groups is 4. The topological polar surface area (TPSA) is 141 Å². The van der Waals surface area contributed by atoms with Gasteiger partial charge in [-0.1, -0.05) is 12.8 Å². The zero-order valence-electron chi connectivity index (χ0n) is 21.7. The van der Waals surface area contributed by atoms with Gasteiger partial charge in [0.25, 0.3) is 11.8 Å². The van der Waals surface area contributed by atoms with Gasteiger partial charge in [0.1, 0.15) is 11.8 Å². The molecule has 202 valence electrons. The van der Waals surface area contributed by atoms with E-state index in [1.54, 1.807) is 30.5 Å². The molecule has 1 aromatic carbocycles. The fourth-order valence-corrected chi connectivity index (χ4v) is 5.10. The van der Waals surface area contributed by atoms with Crippen LogP contribution in [0.15, 0.2) is 36.5 Å². The molecule has 1 atom stereocenters. The van der Waals surface area contributed by atoms with Crippen molar-refractivity contribution in [2.45, 2.75) is 69.4 Å². The molecule has 1 unspecified atom stereocenters. The molecule has 3 heterocycles. The monoisotopic (exact) mass is 529 g/mol. The van der Waals surface area contributed by atoms with Crippen molar-refractivity contribution in [2.75, 3.05) is 13.2 Å². The fraction of sp³-hybridized carbons (Fsp3) is 0.448. The Kier molecular flexibility index (Phi) is 7.59. The van der Waals surface area contributed by atoms with Crippen molar-refractivity contribution in [2.24, 2.45) is 0 Å². The number of hydrogen-bond donors (Lipinski definition) is 2. The predicted octanol–water partition coefficient (Wildman–Crippen LogP) is 2.77. The van der Waals surface area contributed by atoms with Crippen LogP contribution in [0.5, 0.6) is 5.75 Å². The Labute approximate surface area is 226 Å². The second kappa shape index (κ2) is 11.2. The molecule has 5 rings (SSSR count). The summed E-state index contributed by atoms with van der Waals surface area (Å²) in [6.07, 6.45) is 7.35. The molecule has 10 nitrogen and oxygen atoms in total. The van der Waals surface area contributed by atoms with Gasteiger partial charge in [-0.05, 0) is 68.0 Å². The van der Waals surface area contributed by atoms with Crippen LogP contribution in [0.3, 0.4) is 0 Å². The lowest BCUT2D eigenvalue weighted by molar-refractivity contribution is -0.136. The standard InChI is InChI=1S/C29H31N5O5/c30-18-29(10-11-29)24-16-19(9-13-31-24)26(36)32-12-3-1-2-4-14-39-21-5-6-22-20(15-21)17-34(28(22)38)23-7-8-25(35)33-27(23)37/h5-6,9,13,15-16,23H,1-4,7-8,10-12,14,17H2,(H,32,36)(H,33,35,37). The number of piperidine rings is 1. The molecule has 3 aliphatic rings. The summed E-state index contributed by atoms with van der Waals surface area (Å²) in [6, 6.07) is 10.4. The summed E-state index contributed by atoms with van der Waals surface area (Å²) in [5.74, 6) is -0.390. The van der Waals surface area contributed by atoms with Crippen LogP contribution in [-0.4, -0.2) is 52.7 Å². The summed E-state index contributed by atoms with van der Waals surface area (Å²) >= 11 is 0. The highest BCUT2D eigenvalue weighted by Crippen LogP contribution is 2.46. The van der Waals surface area contributed by atoms with E-state index in [2.05, 4.69) is 21.7 Å². The number of carbonyl (C=O) groups excluding carboxylic acids is 4. The Morgan fingerprint density at radius 3 is 2.74 bits per heavy atom.